The van der Waals surface area contributed by atoms with Gasteiger partial charge in [-0.2, -0.15) is 0 Å². The average molecular weight is 476 g/mol. The second-order valence-electron chi connectivity index (χ2n) is 6.60. The summed E-state index contributed by atoms with van der Waals surface area (Å²) in [7, 11) is 1.53. The smallest absolute Gasteiger partial charge is 0.348 e. The van der Waals surface area contributed by atoms with Crippen molar-refractivity contribution in [3.8, 4) is 0 Å². The number of rotatable bonds is 6. The number of carboxylic acid groups (broad SMARTS) is 1. The van der Waals surface area contributed by atoms with Crippen molar-refractivity contribution in [1.29, 1.82) is 0 Å². The van der Waals surface area contributed by atoms with E-state index < -0.39 is 5.97 Å². The number of hydrogen-bond acceptors (Lipinski definition) is 8. The number of carbonyl (C=O) groups excluding carboxylic acids is 1. The number of carbonyl (C=O) groups is 2. The number of aromatic amines is 1. The topological polar surface area (TPSA) is 140 Å². The van der Waals surface area contributed by atoms with Crippen LogP contribution in [-0.2, 0) is 4.74 Å². The first kappa shape index (κ1) is 22.3. The van der Waals surface area contributed by atoms with Crippen LogP contribution in [0.1, 0.15) is 38.0 Å². The van der Waals surface area contributed by atoms with E-state index in [0.717, 1.165) is 17.6 Å². The lowest BCUT2D eigenvalue weighted by atomic mass is 10.0. The number of anilines is 1. The van der Waals surface area contributed by atoms with E-state index in [-0.39, 0.29) is 39.3 Å². The monoisotopic (exact) mass is 475 g/mol. The summed E-state index contributed by atoms with van der Waals surface area (Å²) in [6, 6.07) is -0.297. The van der Waals surface area contributed by atoms with E-state index in [0.29, 0.717) is 35.4 Å². The molecule has 1 saturated heterocycles. The minimum absolute atomic E-state index is 0.0270. The van der Waals surface area contributed by atoms with E-state index in [4.69, 9.17) is 33.1 Å². The summed E-state index contributed by atoms with van der Waals surface area (Å²) < 4.78 is 5.55. The third-order valence-corrected chi connectivity index (χ3v) is 6.81. The second kappa shape index (κ2) is 9.21. The quantitative estimate of drug-likeness (QED) is 0.285. The van der Waals surface area contributed by atoms with Crippen LogP contribution in [0.25, 0.3) is 0 Å². The molecule has 0 saturated carbocycles. The molecule has 13 heteroatoms. The molecular formula is C17H19Cl2N5O5S. The van der Waals surface area contributed by atoms with Crippen molar-refractivity contribution in [2.75, 3.05) is 25.1 Å². The molecule has 3 heterocycles. The Hall–Kier alpha value is -2.34. The molecule has 2 aromatic heterocycles. The molecule has 1 fully saturated rings. The number of aromatic carboxylic acids is 1. The zero-order chi connectivity index (χ0) is 22.0. The van der Waals surface area contributed by atoms with E-state index >= 15 is 0 Å². The Morgan fingerprint density at radius 2 is 2.17 bits per heavy atom. The standard InChI is InChI=1S/C17H19Cl2N5O5S/c1-7-11(18)12(19)13(21-7)15(25)22-8-3-4-24(6-10(8)29-2)17-23-9(5-20-28)14(30-17)16(26)27/h5,8,10,21,28H,3-4,6H2,1-2H3,(H,22,25)(H,26,27)/b20-5-. The Bertz CT molecular complexity index is 992. The molecule has 30 heavy (non-hydrogen) atoms. The third kappa shape index (κ3) is 4.38. The fourth-order valence-corrected chi connectivity index (χ4v) is 4.54. The summed E-state index contributed by atoms with van der Waals surface area (Å²) in [4.78, 5) is 33.0. The molecule has 2 atom stereocenters. The molecule has 1 amide bonds. The molecule has 2 aromatic rings. The summed E-state index contributed by atoms with van der Waals surface area (Å²) in [6.07, 6.45) is 1.14. The number of H-pyrrole nitrogens is 1. The van der Waals surface area contributed by atoms with Crippen LogP contribution in [0.2, 0.25) is 10.0 Å². The molecule has 4 N–H and O–H groups in total. The highest BCUT2D eigenvalue weighted by Gasteiger charge is 2.33. The summed E-state index contributed by atoms with van der Waals surface area (Å²) >= 11 is 13.1. The molecule has 0 spiro atoms. The molecule has 3 rings (SSSR count). The number of oxime groups is 1. The predicted molar refractivity (Wildman–Crippen MR) is 113 cm³/mol. The van der Waals surface area contributed by atoms with Crippen LogP contribution < -0.4 is 10.2 Å². The average Bonchev–Trinajstić information content (AvgIpc) is 3.25. The molecular weight excluding hydrogens is 457 g/mol. The molecule has 10 nitrogen and oxygen atoms in total. The van der Waals surface area contributed by atoms with E-state index in [9.17, 15) is 14.7 Å². The lowest BCUT2D eigenvalue weighted by molar-refractivity contribution is 0.0540. The number of nitrogens with zero attached hydrogens (tertiary/aromatic N) is 3. The van der Waals surface area contributed by atoms with E-state index in [1.54, 1.807) is 6.92 Å². The summed E-state index contributed by atoms with van der Waals surface area (Å²) in [5, 5.41) is 24.7. The van der Waals surface area contributed by atoms with Gasteiger partial charge in [0.25, 0.3) is 5.91 Å². The fourth-order valence-electron chi connectivity index (χ4n) is 3.21. The molecule has 162 valence electrons. The molecule has 0 bridgehead atoms. The number of carboxylic acids is 1. The number of halogens is 2. The Balaban J connectivity index is 1.73. The normalized spacial score (nSPS) is 19.4. The van der Waals surface area contributed by atoms with Crippen molar-refractivity contribution in [2.45, 2.75) is 25.5 Å². The van der Waals surface area contributed by atoms with Crippen LogP contribution in [-0.4, -0.2) is 70.7 Å². The number of ether oxygens (including phenoxy) is 1. The second-order valence-corrected chi connectivity index (χ2v) is 8.34. The van der Waals surface area contributed by atoms with Gasteiger partial charge in [0.05, 0.1) is 28.4 Å². The highest BCUT2D eigenvalue weighted by Crippen LogP contribution is 2.31. The lowest BCUT2D eigenvalue weighted by Crippen LogP contribution is -2.55. The van der Waals surface area contributed by atoms with E-state index in [1.165, 1.54) is 7.11 Å². The van der Waals surface area contributed by atoms with Gasteiger partial charge in [0.15, 0.2) is 5.13 Å². The Morgan fingerprint density at radius 3 is 2.73 bits per heavy atom. The van der Waals surface area contributed by atoms with Gasteiger partial charge < -0.3 is 30.3 Å². The first-order valence-corrected chi connectivity index (χ1v) is 10.4. The van der Waals surface area contributed by atoms with Crippen LogP contribution >= 0.6 is 34.5 Å². The minimum atomic E-state index is -1.16. The Kier molecular flexibility index (Phi) is 6.86. The molecule has 1 aliphatic heterocycles. The first-order valence-electron chi connectivity index (χ1n) is 8.80. The molecule has 0 aliphatic carbocycles. The van der Waals surface area contributed by atoms with Gasteiger partial charge in [-0.3, -0.25) is 4.79 Å². The van der Waals surface area contributed by atoms with E-state index in [2.05, 4.69) is 20.4 Å². The lowest BCUT2D eigenvalue weighted by Gasteiger charge is -2.37. The number of hydrogen-bond donors (Lipinski definition) is 4. The van der Waals surface area contributed by atoms with Gasteiger partial charge in [0, 0.05) is 25.9 Å². The number of aromatic nitrogens is 2. The van der Waals surface area contributed by atoms with Crippen molar-refractivity contribution in [3.63, 3.8) is 0 Å². The Labute approximate surface area is 185 Å². The molecule has 1 aliphatic rings. The number of thiazole rings is 1. The number of aryl methyl sites for hydroxylation is 1. The van der Waals surface area contributed by atoms with Gasteiger partial charge in [-0.1, -0.05) is 39.7 Å². The number of piperidine rings is 1. The first-order chi connectivity index (χ1) is 14.3. The van der Waals surface area contributed by atoms with Gasteiger partial charge in [0.2, 0.25) is 0 Å². The maximum Gasteiger partial charge on any atom is 0.348 e. The van der Waals surface area contributed by atoms with Gasteiger partial charge >= 0.3 is 5.97 Å². The van der Waals surface area contributed by atoms with Crippen molar-refractivity contribution in [2.24, 2.45) is 5.16 Å². The molecule has 2 unspecified atom stereocenters. The third-order valence-electron chi connectivity index (χ3n) is 4.75. The van der Waals surface area contributed by atoms with Gasteiger partial charge in [-0.25, -0.2) is 9.78 Å². The highest BCUT2D eigenvalue weighted by atomic mass is 35.5. The molecule has 0 aromatic carbocycles. The minimum Gasteiger partial charge on any atom is -0.477 e. The van der Waals surface area contributed by atoms with Crippen LogP contribution in [0.3, 0.4) is 0 Å². The maximum absolute atomic E-state index is 12.6. The van der Waals surface area contributed by atoms with Crippen LogP contribution in [0, 0.1) is 6.92 Å². The molecule has 0 radical (unpaired) electrons. The predicted octanol–water partition coefficient (Wildman–Crippen LogP) is 2.62. The van der Waals surface area contributed by atoms with Crippen LogP contribution in [0.5, 0.6) is 0 Å². The van der Waals surface area contributed by atoms with Crippen molar-refractivity contribution < 1.29 is 24.6 Å². The zero-order valence-electron chi connectivity index (χ0n) is 16.0. The highest BCUT2D eigenvalue weighted by molar-refractivity contribution is 7.17. The van der Waals surface area contributed by atoms with E-state index in [1.807, 2.05) is 4.90 Å². The maximum atomic E-state index is 12.6. The van der Waals surface area contributed by atoms with Crippen molar-refractivity contribution in [3.05, 3.63) is 32.0 Å². The van der Waals surface area contributed by atoms with Crippen molar-refractivity contribution >= 4 is 57.8 Å². The number of methoxy groups -OCH3 is 1. The summed E-state index contributed by atoms with van der Waals surface area (Å²) in [5.74, 6) is -1.55. The summed E-state index contributed by atoms with van der Waals surface area (Å²) in [5.41, 5.74) is 0.864. The fraction of sp³-hybridized carbons (Fsp3) is 0.412. The van der Waals surface area contributed by atoms with Gasteiger partial charge in [-0.05, 0) is 13.3 Å². The number of amides is 1. The van der Waals surface area contributed by atoms with Crippen LogP contribution in [0.15, 0.2) is 5.16 Å². The summed E-state index contributed by atoms with van der Waals surface area (Å²) in [6.45, 7) is 2.60. The number of nitrogens with one attached hydrogen (secondary N) is 2. The van der Waals surface area contributed by atoms with Gasteiger partial charge in [0.1, 0.15) is 16.3 Å². The SMILES string of the molecule is COC1CN(c2nc(/C=N\O)c(C(=O)O)s2)CCC1NC(=O)c1[nH]c(C)c(Cl)c1Cl. The Morgan fingerprint density at radius 1 is 1.43 bits per heavy atom. The van der Waals surface area contributed by atoms with Crippen LogP contribution in [0.4, 0.5) is 5.13 Å². The van der Waals surface area contributed by atoms with Crippen molar-refractivity contribution in [1.82, 2.24) is 15.3 Å². The largest absolute Gasteiger partial charge is 0.477 e. The van der Waals surface area contributed by atoms with Gasteiger partial charge in [-0.15, -0.1) is 0 Å². The zero-order valence-corrected chi connectivity index (χ0v) is 18.3.